The summed E-state index contributed by atoms with van der Waals surface area (Å²) in [7, 11) is 0. The first kappa shape index (κ1) is 30.1. The van der Waals surface area contributed by atoms with Crippen molar-refractivity contribution in [3.05, 3.63) is 21.8 Å². The van der Waals surface area contributed by atoms with Crippen LogP contribution in [0, 0.1) is 0 Å². The summed E-state index contributed by atoms with van der Waals surface area (Å²) in [6, 6.07) is 0. The second-order valence-electron chi connectivity index (χ2n) is 10.8. The summed E-state index contributed by atoms with van der Waals surface area (Å²) >= 11 is -4.45. The van der Waals surface area contributed by atoms with Gasteiger partial charge < -0.3 is 0 Å². The van der Waals surface area contributed by atoms with Crippen molar-refractivity contribution >= 4 is 36.8 Å². The van der Waals surface area contributed by atoms with Crippen LogP contribution in [0.25, 0.3) is 0 Å². The molecule has 0 aromatic carbocycles. The van der Waals surface area contributed by atoms with Crippen molar-refractivity contribution in [1.29, 1.82) is 0 Å². The fourth-order valence-corrected chi connectivity index (χ4v) is 40.7. The Morgan fingerprint density at radius 2 is 0.903 bits per heavy atom. The van der Waals surface area contributed by atoms with Crippen molar-refractivity contribution < 1.29 is 0 Å². The van der Waals surface area contributed by atoms with E-state index < -0.39 is 36.8 Å². The molecule has 0 radical (unpaired) electrons. The van der Waals surface area contributed by atoms with Gasteiger partial charge in [-0.1, -0.05) is 0 Å². The Morgan fingerprint density at radius 1 is 0.548 bits per heavy atom. The molecule has 0 aliphatic heterocycles. The van der Waals surface area contributed by atoms with Gasteiger partial charge in [-0.3, -0.25) is 0 Å². The van der Waals surface area contributed by atoms with Crippen LogP contribution >= 0.6 is 0 Å². The summed E-state index contributed by atoms with van der Waals surface area (Å²) in [5, 5.41) is 0. The van der Waals surface area contributed by atoms with Crippen LogP contribution in [0.2, 0.25) is 30.6 Å². The van der Waals surface area contributed by atoms with E-state index in [0.29, 0.717) is 0 Å². The maximum absolute atomic E-state index is 2.99. The molecule has 0 amide bonds. The van der Waals surface area contributed by atoms with Crippen LogP contribution in [0.1, 0.15) is 119 Å². The van der Waals surface area contributed by atoms with Crippen LogP contribution in [0.15, 0.2) is 21.8 Å². The molecule has 182 valence electrons. The molecule has 0 saturated heterocycles. The molecular formula is C29H58Sn2. The fourth-order valence-electron chi connectivity index (χ4n) is 6.06. The Labute approximate surface area is 206 Å². The number of unbranched alkanes of at least 4 members (excludes halogenated alkanes) is 6. The summed E-state index contributed by atoms with van der Waals surface area (Å²) in [5.74, 6) is 0. The molecule has 0 fully saturated rings. The van der Waals surface area contributed by atoms with E-state index in [2.05, 4.69) is 59.8 Å². The van der Waals surface area contributed by atoms with Gasteiger partial charge in [0.25, 0.3) is 0 Å². The minimum atomic E-state index is -2.26. The molecular weight excluding hydrogens is 586 g/mol. The molecule has 0 saturated carbocycles. The van der Waals surface area contributed by atoms with Gasteiger partial charge in [0.15, 0.2) is 0 Å². The standard InChI is InChI=1S/C5H4.6C4H9.2Sn/c1-2-4-5-3-1;6*1-3-4-2;;/h1-4H;6*1,3-4H2,2H3;;. The second-order valence-corrected chi connectivity index (χ2v) is 38.0. The summed E-state index contributed by atoms with van der Waals surface area (Å²) < 4.78 is 12.8. The van der Waals surface area contributed by atoms with Crippen LogP contribution in [0.4, 0.5) is 0 Å². The topological polar surface area (TPSA) is 0 Å². The zero-order valence-electron chi connectivity index (χ0n) is 22.5. The third kappa shape index (κ3) is 9.69. The van der Waals surface area contributed by atoms with Gasteiger partial charge in [0.1, 0.15) is 0 Å². The monoisotopic (exact) mass is 646 g/mol. The molecule has 1 aliphatic rings. The van der Waals surface area contributed by atoms with E-state index in [-0.39, 0.29) is 0 Å². The Bertz CT molecular complexity index is 461. The predicted molar refractivity (Wildman–Crippen MR) is 151 cm³/mol. The van der Waals surface area contributed by atoms with Gasteiger partial charge in [0.05, 0.1) is 0 Å². The first-order valence-corrected chi connectivity index (χ1v) is 29.7. The van der Waals surface area contributed by atoms with E-state index in [1.165, 1.54) is 77.0 Å². The van der Waals surface area contributed by atoms with Gasteiger partial charge >= 0.3 is 208 Å². The molecule has 1 unspecified atom stereocenters. The number of allylic oxidation sites excluding steroid dienone is 4. The normalized spacial score (nSPS) is 16.8. The number of rotatable bonds is 20. The van der Waals surface area contributed by atoms with Crippen molar-refractivity contribution in [1.82, 2.24) is 0 Å². The van der Waals surface area contributed by atoms with E-state index in [1.54, 1.807) is 26.6 Å². The van der Waals surface area contributed by atoms with Crippen LogP contribution in [-0.4, -0.2) is 36.8 Å². The van der Waals surface area contributed by atoms with Gasteiger partial charge in [-0.25, -0.2) is 0 Å². The van der Waals surface area contributed by atoms with Crippen LogP contribution in [-0.2, 0) is 0 Å². The third-order valence-electron chi connectivity index (χ3n) is 8.27. The molecule has 31 heavy (non-hydrogen) atoms. The zero-order valence-corrected chi connectivity index (χ0v) is 28.2. The van der Waals surface area contributed by atoms with E-state index in [0.717, 1.165) is 3.93 Å². The molecule has 1 aliphatic carbocycles. The molecule has 1 rings (SSSR count). The Kier molecular flexibility index (Phi) is 17.0. The fraction of sp³-hybridized carbons (Fsp3) is 0.862. The second kappa shape index (κ2) is 17.5. The predicted octanol–water partition coefficient (Wildman–Crippen LogP) is 11.1. The number of hydrogen-bond acceptors (Lipinski definition) is 0. The van der Waals surface area contributed by atoms with Crippen molar-refractivity contribution in [2.45, 2.75) is 149 Å². The van der Waals surface area contributed by atoms with E-state index >= 15 is 0 Å². The average Bonchev–Trinajstić information content (AvgIpc) is 3.30. The van der Waals surface area contributed by atoms with Gasteiger partial charge in [-0.15, -0.1) is 0 Å². The first-order valence-electron chi connectivity index (χ1n) is 14.5. The van der Waals surface area contributed by atoms with Crippen molar-refractivity contribution in [2.75, 3.05) is 0 Å². The summed E-state index contributed by atoms with van der Waals surface area (Å²) in [4.78, 5) is 0. The molecule has 2 heteroatoms. The third-order valence-corrected chi connectivity index (χ3v) is 40.6. The summed E-state index contributed by atoms with van der Waals surface area (Å²) in [6.07, 6.45) is 25.9. The molecule has 0 nitrogen and oxygen atoms in total. The van der Waals surface area contributed by atoms with Crippen LogP contribution in [0.3, 0.4) is 0 Å². The zero-order chi connectivity index (χ0) is 23.0. The van der Waals surface area contributed by atoms with Crippen molar-refractivity contribution in [3.63, 3.8) is 0 Å². The molecule has 0 N–H and O–H groups in total. The molecule has 0 heterocycles. The SMILES string of the molecule is CCC[CH2][Sn]([CH2]CCC)([CH2]CCC)[C]1=C[CH]([Sn]([CH2]CCC)([CH2]CCC)[CH2]CCC)C=C1. The minimum absolute atomic E-state index is 0.940. The van der Waals surface area contributed by atoms with Gasteiger partial charge in [0.2, 0.25) is 0 Å². The van der Waals surface area contributed by atoms with E-state index in [1.807, 2.05) is 3.59 Å². The molecule has 0 spiro atoms. The molecule has 0 aromatic rings. The van der Waals surface area contributed by atoms with Gasteiger partial charge in [0, 0.05) is 0 Å². The molecule has 0 aromatic heterocycles. The molecule has 0 bridgehead atoms. The van der Waals surface area contributed by atoms with Crippen molar-refractivity contribution in [2.24, 2.45) is 0 Å². The molecule has 1 atom stereocenters. The quantitative estimate of drug-likeness (QED) is 0.116. The van der Waals surface area contributed by atoms with Gasteiger partial charge in [-0.2, -0.15) is 0 Å². The van der Waals surface area contributed by atoms with Crippen LogP contribution < -0.4 is 0 Å². The Morgan fingerprint density at radius 3 is 1.26 bits per heavy atom. The van der Waals surface area contributed by atoms with Gasteiger partial charge in [-0.05, 0) is 0 Å². The number of hydrogen-bond donors (Lipinski definition) is 0. The van der Waals surface area contributed by atoms with E-state index in [9.17, 15) is 0 Å². The first-order chi connectivity index (χ1) is 15.1. The van der Waals surface area contributed by atoms with E-state index in [4.69, 9.17) is 0 Å². The maximum atomic E-state index is 2.99. The Hall–Kier alpha value is 1.08. The van der Waals surface area contributed by atoms with Crippen molar-refractivity contribution in [3.8, 4) is 0 Å². The summed E-state index contributed by atoms with van der Waals surface area (Å²) in [5.41, 5.74) is 0. The summed E-state index contributed by atoms with van der Waals surface area (Å²) in [6.45, 7) is 14.5. The van der Waals surface area contributed by atoms with Crippen LogP contribution in [0.5, 0.6) is 0 Å². The average molecular weight is 644 g/mol. The Balaban J connectivity index is 3.29.